The largest absolute Gasteiger partial charge is 0.476 e. The van der Waals surface area contributed by atoms with E-state index in [0.29, 0.717) is 9.15 Å². The van der Waals surface area contributed by atoms with Crippen molar-refractivity contribution in [1.29, 1.82) is 0 Å². The number of hydrogen-bond acceptors (Lipinski definition) is 4. The maximum atomic E-state index is 14.0. The van der Waals surface area contributed by atoms with Crippen molar-refractivity contribution >= 4 is 44.9 Å². The lowest BCUT2D eigenvalue weighted by atomic mass is 10.2. The number of anilines is 2. The lowest BCUT2D eigenvalue weighted by Crippen LogP contribution is -2.27. The number of hydrogen-bond donors (Lipinski definition) is 2. The third-order valence-electron chi connectivity index (χ3n) is 2.58. The summed E-state index contributed by atoms with van der Waals surface area (Å²) in [7, 11) is 1.16. The summed E-state index contributed by atoms with van der Waals surface area (Å²) >= 11 is 9.18. The summed E-state index contributed by atoms with van der Waals surface area (Å²) in [5.74, 6) is -2.72. The van der Waals surface area contributed by atoms with E-state index < -0.39 is 28.7 Å². The van der Waals surface area contributed by atoms with Gasteiger partial charge in [-0.05, 0) is 18.2 Å². The Morgan fingerprint density at radius 3 is 2.76 bits per heavy atom. The van der Waals surface area contributed by atoms with Gasteiger partial charge in [0.25, 0.3) is 0 Å². The van der Waals surface area contributed by atoms with E-state index in [1.807, 2.05) is 0 Å². The normalized spacial score (nSPS) is 10.5. The highest BCUT2D eigenvalue weighted by Crippen LogP contribution is 2.29. The molecule has 0 unspecified atom stereocenters. The number of carboxylic acids is 1. The van der Waals surface area contributed by atoms with Crippen molar-refractivity contribution in [1.82, 2.24) is 9.78 Å². The van der Waals surface area contributed by atoms with Crippen molar-refractivity contribution in [2.75, 3.05) is 5.32 Å². The maximum absolute atomic E-state index is 14.0. The third kappa shape index (κ3) is 3.06. The summed E-state index contributed by atoms with van der Waals surface area (Å²) in [4.78, 5) is 22.7. The summed E-state index contributed by atoms with van der Waals surface area (Å²) in [6, 6.07) is 4.67. The van der Waals surface area contributed by atoms with Gasteiger partial charge in [-0.15, -0.1) is 0 Å². The van der Waals surface area contributed by atoms with E-state index in [9.17, 15) is 14.0 Å². The van der Waals surface area contributed by atoms with E-state index in [1.54, 1.807) is 6.07 Å². The molecule has 110 valence electrons. The van der Waals surface area contributed by atoms with Crippen LogP contribution < -0.4 is 10.9 Å². The van der Waals surface area contributed by atoms with E-state index in [2.05, 4.69) is 26.3 Å². The first-order chi connectivity index (χ1) is 9.81. The predicted molar refractivity (Wildman–Crippen MR) is 78.8 cm³/mol. The average Bonchev–Trinajstić information content (AvgIpc) is 2.41. The standard InChI is InChI=1S/C12H8BrClFN3O3/c1-18-11(19)8(15)9(10(17-18)12(20)21)16-7-3-2-5(13)4-6(7)14/h2-4,16H,1H3,(H,20,21). The number of aromatic carboxylic acids is 1. The second-order valence-corrected chi connectivity index (χ2v) is 5.34. The maximum Gasteiger partial charge on any atom is 0.358 e. The molecule has 0 spiro atoms. The minimum absolute atomic E-state index is 0.223. The Labute approximate surface area is 131 Å². The molecule has 0 bridgehead atoms. The van der Waals surface area contributed by atoms with Gasteiger partial charge in [-0.3, -0.25) is 4.79 Å². The second kappa shape index (κ2) is 5.82. The summed E-state index contributed by atoms with van der Waals surface area (Å²) in [6.45, 7) is 0. The summed E-state index contributed by atoms with van der Waals surface area (Å²) in [6.07, 6.45) is 0. The highest BCUT2D eigenvalue weighted by atomic mass is 79.9. The van der Waals surface area contributed by atoms with Gasteiger partial charge in [-0.1, -0.05) is 27.5 Å². The lowest BCUT2D eigenvalue weighted by molar-refractivity contribution is 0.0688. The van der Waals surface area contributed by atoms with Gasteiger partial charge in [0.05, 0.1) is 10.7 Å². The van der Waals surface area contributed by atoms with Gasteiger partial charge < -0.3 is 10.4 Å². The number of aromatic nitrogens is 2. The van der Waals surface area contributed by atoms with Crippen molar-refractivity contribution in [3.8, 4) is 0 Å². The summed E-state index contributed by atoms with van der Waals surface area (Å²) < 4.78 is 15.3. The Morgan fingerprint density at radius 2 is 2.19 bits per heavy atom. The van der Waals surface area contributed by atoms with Crippen LogP contribution in [0.15, 0.2) is 27.5 Å². The van der Waals surface area contributed by atoms with Crippen molar-refractivity contribution in [3.05, 3.63) is 49.6 Å². The molecule has 0 amide bonds. The van der Waals surface area contributed by atoms with Crippen LogP contribution in [-0.4, -0.2) is 20.9 Å². The smallest absolute Gasteiger partial charge is 0.358 e. The molecule has 2 rings (SSSR count). The number of carbonyl (C=O) groups is 1. The molecule has 0 saturated carbocycles. The van der Waals surface area contributed by atoms with Crippen LogP contribution in [0.4, 0.5) is 15.8 Å². The van der Waals surface area contributed by atoms with Crippen LogP contribution in [0.25, 0.3) is 0 Å². The zero-order valence-electron chi connectivity index (χ0n) is 10.5. The zero-order chi connectivity index (χ0) is 15.7. The fraction of sp³-hybridized carbons (Fsp3) is 0.0833. The van der Waals surface area contributed by atoms with Gasteiger partial charge in [0, 0.05) is 11.5 Å². The molecule has 2 N–H and O–H groups in total. The van der Waals surface area contributed by atoms with Crippen LogP contribution in [0, 0.1) is 5.82 Å². The number of nitrogens with one attached hydrogen (secondary N) is 1. The minimum atomic E-state index is -1.47. The highest BCUT2D eigenvalue weighted by Gasteiger charge is 2.22. The topological polar surface area (TPSA) is 84.2 Å². The number of rotatable bonds is 3. The SMILES string of the molecule is Cn1nc(C(=O)O)c(Nc2ccc(Br)cc2Cl)c(F)c1=O. The summed E-state index contributed by atoms with van der Waals surface area (Å²) in [5, 5.41) is 15.3. The fourth-order valence-electron chi connectivity index (χ4n) is 1.59. The van der Waals surface area contributed by atoms with Crippen molar-refractivity contribution in [2.24, 2.45) is 7.05 Å². The molecule has 0 radical (unpaired) electrons. The minimum Gasteiger partial charge on any atom is -0.476 e. The molecule has 0 aliphatic carbocycles. The number of benzene rings is 1. The molecular weight excluding hydrogens is 369 g/mol. The molecule has 1 heterocycles. The molecular formula is C12H8BrClFN3O3. The number of carboxylic acid groups (broad SMARTS) is 1. The van der Waals surface area contributed by atoms with Crippen LogP contribution in [0.1, 0.15) is 10.5 Å². The Bertz CT molecular complexity index is 794. The molecule has 6 nitrogen and oxygen atoms in total. The molecule has 0 fully saturated rings. The number of nitrogens with zero attached hydrogens (tertiary/aromatic N) is 2. The van der Waals surface area contributed by atoms with Gasteiger partial charge in [0.2, 0.25) is 5.82 Å². The van der Waals surface area contributed by atoms with Crippen molar-refractivity contribution in [2.45, 2.75) is 0 Å². The average molecular weight is 377 g/mol. The molecule has 1 aromatic carbocycles. The molecule has 1 aromatic heterocycles. The predicted octanol–water partition coefficient (Wildman–Crippen LogP) is 2.78. The van der Waals surface area contributed by atoms with E-state index >= 15 is 0 Å². The van der Waals surface area contributed by atoms with Crippen molar-refractivity contribution in [3.63, 3.8) is 0 Å². The van der Waals surface area contributed by atoms with Gasteiger partial charge >= 0.3 is 11.5 Å². The van der Waals surface area contributed by atoms with Gasteiger partial charge in [-0.25, -0.2) is 9.48 Å². The Balaban J connectivity index is 2.60. The van der Waals surface area contributed by atoms with Crippen molar-refractivity contribution < 1.29 is 14.3 Å². The van der Waals surface area contributed by atoms with Gasteiger partial charge in [-0.2, -0.15) is 9.49 Å². The van der Waals surface area contributed by atoms with E-state index in [1.165, 1.54) is 12.1 Å². The fourth-order valence-corrected chi connectivity index (χ4v) is 2.31. The third-order valence-corrected chi connectivity index (χ3v) is 3.39. The molecule has 0 saturated heterocycles. The number of aryl methyl sites for hydroxylation is 1. The Kier molecular flexibility index (Phi) is 4.29. The molecule has 0 atom stereocenters. The van der Waals surface area contributed by atoms with E-state index in [0.717, 1.165) is 7.05 Å². The highest BCUT2D eigenvalue weighted by molar-refractivity contribution is 9.10. The lowest BCUT2D eigenvalue weighted by Gasteiger charge is -2.12. The second-order valence-electron chi connectivity index (χ2n) is 4.02. The Hall–Kier alpha value is -1.93. The zero-order valence-corrected chi connectivity index (χ0v) is 12.9. The molecule has 2 aromatic rings. The first-order valence-electron chi connectivity index (χ1n) is 5.53. The van der Waals surface area contributed by atoms with E-state index in [-0.39, 0.29) is 10.7 Å². The van der Waals surface area contributed by atoms with Crippen LogP contribution in [0.3, 0.4) is 0 Å². The van der Waals surface area contributed by atoms with Crippen LogP contribution in [0.2, 0.25) is 5.02 Å². The van der Waals surface area contributed by atoms with Crippen LogP contribution in [-0.2, 0) is 7.05 Å². The first kappa shape index (κ1) is 15.5. The summed E-state index contributed by atoms with van der Waals surface area (Å²) in [5.41, 5.74) is -1.95. The van der Waals surface area contributed by atoms with Gasteiger partial charge in [0.15, 0.2) is 5.69 Å². The molecule has 9 heteroatoms. The molecule has 21 heavy (non-hydrogen) atoms. The molecule has 0 aliphatic heterocycles. The Morgan fingerprint density at radius 1 is 1.52 bits per heavy atom. The first-order valence-corrected chi connectivity index (χ1v) is 6.70. The monoisotopic (exact) mass is 375 g/mol. The van der Waals surface area contributed by atoms with Gasteiger partial charge in [0.1, 0.15) is 5.69 Å². The quantitative estimate of drug-likeness (QED) is 0.860. The number of halogens is 3. The van der Waals surface area contributed by atoms with Crippen LogP contribution >= 0.6 is 27.5 Å². The molecule has 0 aliphatic rings. The van der Waals surface area contributed by atoms with Crippen LogP contribution in [0.5, 0.6) is 0 Å². The van der Waals surface area contributed by atoms with E-state index in [4.69, 9.17) is 16.7 Å².